The summed E-state index contributed by atoms with van der Waals surface area (Å²) < 4.78 is 80.7. The molecule has 0 aromatic heterocycles. The lowest BCUT2D eigenvalue weighted by molar-refractivity contribution is -0.0832. The quantitative estimate of drug-likeness (QED) is 0.0429. The first-order valence-corrected chi connectivity index (χ1v) is 36.0. The van der Waals surface area contributed by atoms with Crippen molar-refractivity contribution in [3.05, 3.63) is 165 Å². The van der Waals surface area contributed by atoms with Gasteiger partial charge in [0, 0.05) is 82.9 Å². The fourth-order valence-electron chi connectivity index (χ4n) is 18.1. The minimum absolute atomic E-state index is 0. The van der Waals surface area contributed by atoms with Gasteiger partial charge in [-0.2, -0.15) is 10.5 Å². The molecule has 2 unspecified atom stereocenters. The number of nitriles is 2. The molecule has 1 N–H and O–H groups in total. The van der Waals surface area contributed by atoms with Gasteiger partial charge in [-0.15, -0.1) is 0 Å². The lowest BCUT2D eigenvalue weighted by atomic mass is 9.71. The van der Waals surface area contributed by atoms with Crippen molar-refractivity contribution in [3.63, 3.8) is 0 Å². The summed E-state index contributed by atoms with van der Waals surface area (Å²) >= 11 is 0. The lowest BCUT2D eigenvalue weighted by Gasteiger charge is -2.60. The molecule has 101 heavy (non-hydrogen) atoms. The van der Waals surface area contributed by atoms with Crippen LogP contribution < -0.4 is 57.7 Å². The van der Waals surface area contributed by atoms with Crippen LogP contribution in [0.5, 0.6) is 57.5 Å². The Morgan fingerprint density at radius 1 is 0.554 bits per heavy atom. The molecular formula is C80H100N6O14Si. The molecule has 14 rings (SSSR count). The van der Waals surface area contributed by atoms with Crippen LogP contribution >= 0.6 is 0 Å². The van der Waals surface area contributed by atoms with E-state index in [1.807, 2.05) is 27.7 Å². The number of nitrogens with zero attached hydrogens (tertiary/aromatic N) is 6. The van der Waals surface area contributed by atoms with Crippen molar-refractivity contribution in [2.75, 3.05) is 96.1 Å². The number of hydrogen-bond acceptors (Lipinski definition) is 20. The van der Waals surface area contributed by atoms with Gasteiger partial charge in [0.1, 0.15) is 36.8 Å². The minimum Gasteiger partial charge on any atom is -0.493 e. The van der Waals surface area contributed by atoms with E-state index in [9.17, 15) is 15.6 Å². The van der Waals surface area contributed by atoms with Gasteiger partial charge in [-0.25, -0.2) is 0 Å². The van der Waals surface area contributed by atoms with Gasteiger partial charge in [0.2, 0.25) is 13.6 Å². The third kappa shape index (κ3) is 11.9. The predicted molar refractivity (Wildman–Crippen MR) is 390 cm³/mol. The van der Waals surface area contributed by atoms with E-state index in [-0.39, 0.29) is 89.9 Å². The summed E-state index contributed by atoms with van der Waals surface area (Å²) in [6.45, 7) is 23.8. The van der Waals surface area contributed by atoms with Crippen molar-refractivity contribution in [2.45, 2.75) is 154 Å². The molecule has 0 aliphatic carbocycles. The Morgan fingerprint density at radius 2 is 0.960 bits per heavy atom. The molecule has 21 heteroatoms. The molecule has 10 atom stereocenters. The van der Waals surface area contributed by atoms with Crippen molar-refractivity contribution in [1.82, 2.24) is 19.6 Å². The van der Waals surface area contributed by atoms with E-state index in [0.29, 0.717) is 97.2 Å². The van der Waals surface area contributed by atoms with Gasteiger partial charge in [0.15, 0.2) is 59.6 Å². The minimum atomic E-state index is -3.04. The maximum absolute atomic E-state index is 11.4. The molecule has 6 aromatic rings. The zero-order valence-corrected chi connectivity index (χ0v) is 60.2. The second-order valence-corrected chi connectivity index (χ2v) is 32.2. The topological polar surface area (TPSA) is 201 Å². The van der Waals surface area contributed by atoms with E-state index in [1.165, 1.54) is 10.4 Å². The van der Waals surface area contributed by atoms with Gasteiger partial charge in [-0.3, -0.25) is 19.6 Å². The summed E-state index contributed by atoms with van der Waals surface area (Å²) in [5, 5.41) is 35.1. The number of piperazine rings is 2. The molecular weight excluding hydrogens is 1300 g/mol. The maximum Gasteiger partial charge on any atom is 0.261 e. The van der Waals surface area contributed by atoms with Gasteiger partial charge in [0.05, 0.1) is 63.7 Å². The zero-order valence-electron chi connectivity index (χ0n) is 59.2. The highest BCUT2D eigenvalue weighted by Gasteiger charge is 2.60. The molecule has 0 spiro atoms. The highest BCUT2D eigenvalue weighted by molar-refractivity contribution is 6.99. The third-order valence-electron chi connectivity index (χ3n) is 21.9. The molecule has 0 radical (unpaired) electrons. The number of likely N-dealkylation sites (N-methyl/N-ethyl adjacent to an activating group) is 2. The summed E-state index contributed by atoms with van der Waals surface area (Å²) in [7, 11) is 7.74. The molecule has 4 bridgehead atoms. The Balaban J connectivity index is 0.000000211. The molecule has 8 aliphatic rings. The van der Waals surface area contributed by atoms with E-state index < -0.39 is 32.5 Å². The maximum atomic E-state index is 11.4. The molecule has 538 valence electrons. The first-order valence-electron chi connectivity index (χ1n) is 34.1. The van der Waals surface area contributed by atoms with Gasteiger partial charge in [-0.1, -0.05) is 134 Å². The van der Waals surface area contributed by atoms with Crippen LogP contribution in [0.2, 0.25) is 5.04 Å². The Hall–Kier alpha value is -8.32. The summed E-state index contributed by atoms with van der Waals surface area (Å²) in [5.74, 6) is 6.82. The zero-order chi connectivity index (χ0) is 69.9. The van der Waals surface area contributed by atoms with Crippen LogP contribution in [0.25, 0.3) is 0 Å². The SMILES string of the molecule is C.C.C=CCOc1c(C)c2c(c3c1CC1[C@H]4c5c(cc(C)c(OC)c5OCOC)C[C@@H]([C@H](C#N)N1[C@H]3CO)N4C)OCO2.C=CCOc1c(C)c2c(c3c1CC1[C@H]4c5c(cc(C)c(OC)c5OCOC)C[C@@H]([C@H](C#N)N1[C@H]3CO[Si](c1ccccc1)(c1ccccc1)C(C)(C)C)N4C)OCO2. The van der Waals surface area contributed by atoms with Gasteiger partial charge < -0.3 is 66.4 Å². The molecule has 8 heterocycles. The fourth-order valence-corrected chi connectivity index (χ4v) is 22.7. The van der Waals surface area contributed by atoms with Gasteiger partial charge in [0.25, 0.3) is 8.32 Å². The average molecular weight is 1400 g/mol. The van der Waals surface area contributed by atoms with Crippen LogP contribution in [0.15, 0.2) is 98.1 Å². The lowest BCUT2D eigenvalue weighted by Crippen LogP contribution is -2.70. The first kappa shape index (κ1) is 73.9. The van der Waals surface area contributed by atoms with E-state index in [0.717, 1.165) is 72.5 Å². The number of aryl methyl sites for hydroxylation is 2. The fraction of sp³-hybridized carbons (Fsp3) is 0.475. The van der Waals surface area contributed by atoms with Crippen LogP contribution in [0, 0.1) is 50.4 Å². The highest BCUT2D eigenvalue weighted by Crippen LogP contribution is 2.62. The largest absolute Gasteiger partial charge is 0.493 e. The van der Waals surface area contributed by atoms with E-state index in [1.54, 1.807) is 40.6 Å². The van der Waals surface area contributed by atoms with Crippen LogP contribution in [-0.2, 0) is 39.6 Å². The van der Waals surface area contributed by atoms with E-state index in [2.05, 4.69) is 153 Å². The van der Waals surface area contributed by atoms with Crippen molar-refractivity contribution in [1.29, 1.82) is 10.5 Å². The standard InChI is InChI=1S/C47H55N3O7Si.C31H37N3O7.2CH4/c1-10-21-53-43-30(3)44-46(56-28-55-44)40-34(43)24-36-41-39-31(22-29(2)42(52-9)45(39)54-27-51-8)23-35(49(41)7)37(25-48)50(36)38(40)26-57-58(47(4,5)6,32-17-13-11-14-18-32)33-19-15-12-16-20-33;1-7-8-38-28-17(3)29-31(41-15-40-29)25-19(28)11-21-26-24-18(9-16(2)27(37-6)30(24)39-14-36-5)10-20(33(26)4)22(12-32)34(21)23(25)13-35;;/h10-20,22,35-38,41H,1,21,23-24,26-28H2,2-9H3;7,9,20-23,26,35H,1,8,10-11,13-15H2,2-6H3;2*1H4/t35-,36?,37-,38-,41-;20-,21?,22-,23-,26-;;/m00../s1. The number of aliphatic hydroxyl groups is 1. The molecule has 8 aliphatic heterocycles. The van der Waals surface area contributed by atoms with Crippen LogP contribution in [0.3, 0.4) is 0 Å². The monoisotopic (exact) mass is 1400 g/mol. The second-order valence-electron chi connectivity index (χ2n) is 27.9. The Kier molecular flexibility index (Phi) is 21.9. The van der Waals surface area contributed by atoms with Crippen LogP contribution in [-0.4, -0.2) is 165 Å². The number of rotatable bonds is 20. The summed E-state index contributed by atoms with van der Waals surface area (Å²) in [6, 6.07) is 28.4. The molecule has 6 aromatic carbocycles. The molecule has 2 fully saturated rings. The number of benzene rings is 6. The number of fused-ring (bicyclic) bond motifs is 18. The average Bonchev–Trinajstić information content (AvgIpc) is 1.32. The van der Waals surface area contributed by atoms with Gasteiger partial charge >= 0.3 is 0 Å². The normalized spacial score (nSPS) is 23.3. The summed E-state index contributed by atoms with van der Waals surface area (Å²) in [6.07, 6.45) is 5.94. The number of hydrogen-bond donors (Lipinski definition) is 1. The number of ether oxygens (including phenoxy) is 12. The highest BCUT2D eigenvalue weighted by atomic mass is 28.4. The number of aliphatic hydroxyl groups excluding tert-OH is 1. The summed E-state index contributed by atoms with van der Waals surface area (Å²) in [4.78, 5) is 9.33. The summed E-state index contributed by atoms with van der Waals surface area (Å²) in [5.41, 5.74) is 11.9. The van der Waals surface area contributed by atoms with Crippen molar-refractivity contribution in [3.8, 4) is 69.6 Å². The smallest absolute Gasteiger partial charge is 0.261 e. The van der Waals surface area contributed by atoms with E-state index >= 15 is 0 Å². The van der Waals surface area contributed by atoms with Crippen molar-refractivity contribution >= 4 is 18.7 Å². The van der Waals surface area contributed by atoms with Crippen molar-refractivity contribution < 1.29 is 66.4 Å². The number of methoxy groups -OCH3 is 4. The molecule has 20 nitrogen and oxygen atoms in total. The molecule has 0 saturated carbocycles. The Morgan fingerprint density at radius 3 is 1.34 bits per heavy atom. The predicted octanol–water partition coefficient (Wildman–Crippen LogP) is 11.6. The second kappa shape index (κ2) is 29.9. The van der Waals surface area contributed by atoms with Crippen LogP contribution in [0.4, 0.5) is 0 Å². The van der Waals surface area contributed by atoms with E-state index in [4.69, 9.17) is 61.3 Å². The van der Waals surface area contributed by atoms with Crippen LogP contribution in [0.1, 0.15) is 127 Å². The Labute approximate surface area is 597 Å². The Bertz CT molecular complexity index is 4120. The third-order valence-corrected chi connectivity index (χ3v) is 26.9. The van der Waals surface area contributed by atoms with Gasteiger partial charge in [-0.05, 0) is 105 Å². The molecule has 2 saturated heterocycles. The molecule has 0 amide bonds. The van der Waals surface area contributed by atoms with Crippen molar-refractivity contribution in [2.24, 2.45) is 0 Å². The first-order chi connectivity index (χ1) is 47.9.